The summed E-state index contributed by atoms with van der Waals surface area (Å²) in [6.45, 7) is 1.75. The molecule has 0 spiro atoms. The number of H-pyrrole nitrogens is 1. The first-order valence-electron chi connectivity index (χ1n) is 10.7. The van der Waals surface area contributed by atoms with Crippen molar-refractivity contribution in [2.45, 2.75) is 6.36 Å². The Hall–Kier alpha value is -3.54. The number of likely N-dealkylation sites (tertiary alicyclic amines) is 2. The number of hydrogen-bond acceptors (Lipinski definition) is 6. The second-order valence-corrected chi connectivity index (χ2v) is 8.89. The molecule has 2 fully saturated rings. The molecule has 2 aliphatic heterocycles. The van der Waals surface area contributed by atoms with E-state index in [4.69, 9.17) is 16.3 Å². The molecule has 2 saturated heterocycles. The van der Waals surface area contributed by atoms with Gasteiger partial charge in [0.25, 0.3) is 11.8 Å². The summed E-state index contributed by atoms with van der Waals surface area (Å²) in [6, 6.07) is 8.42. The van der Waals surface area contributed by atoms with Gasteiger partial charge in [-0.25, -0.2) is 0 Å². The van der Waals surface area contributed by atoms with Gasteiger partial charge in [0.2, 0.25) is 0 Å². The Morgan fingerprint density at radius 3 is 2.37 bits per heavy atom. The van der Waals surface area contributed by atoms with Crippen LogP contribution >= 0.6 is 11.6 Å². The number of rotatable bonds is 5. The Bertz CT molecular complexity index is 1270. The highest BCUT2D eigenvalue weighted by Crippen LogP contribution is 2.34. The average Bonchev–Trinajstić information content (AvgIpc) is 3.51. The van der Waals surface area contributed by atoms with E-state index >= 15 is 0 Å². The van der Waals surface area contributed by atoms with Crippen LogP contribution in [0.1, 0.15) is 10.4 Å². The molecular formula is C22H19ClF3N5O4. The van der Waals surface area contributed by atoms with Crippen molar-refractivity contribution in [1.82, 2.24) is 25.2 Å². The predicted octanol–water partition coefficient (Wildman–Crippen LogP) is 3.12. The lowest BCUT2D eigenvalue weighted by Gasteiger charge is -2.22. The number of alkyl halides is 3. The molecule has 0 radical (unpaired) electrons. The summed E-state index contributed by atoms with van der Waals surface area (Å²) in [4.78, 5) is 29.0. The lowest BCUT2D eigenvalue weighted by Crippen LogP contribution is -2.37. The maximum absolute atomic E-state index is 12.9. The summed E-state index contributed by atoms with van der Waals surface area (Å²) < 4.78 is 46.2. The van der Waals surface area contributed by atoms with E-state index in [2.05, 4.69) is 20.1 Å². The van der Waals surface area contributed by atoms with E-state index < -0.39 is 12.1 Å². The van der Waals surface area contributed by atoms with Crippen molar-refractivity contribution in [3.63, 3.8) is 0 Å². The molecule has 2 aliphatic rings. The lowest BCUT2D eigenvalue weighted by atomic mass is 10.0. The molecule has 1 aromatic heterocycles. The highest BCUT2D eigenvalue weighted by Gasteiger charge is 2.43. The van der Waals surface area contributed by atoms with E-state index in [9.17, 15) is 22.8 Å². The van der Waals surface area contributed by atoms with Gasteiger partial charge in [-0.1, -0.05) is 11.6 Å². The molecule has 13 heteroatoms. The van der Waals surface area contributed by atoms with Crippen molar-refractivity contribution in [1.29, 1.82) is 0 Å². The zero-order chi connectivity index (χ0) is 24.7. The van der Waals surface area contributed by atoms with Crippen LogP contribution in [0.25, 0.3) is 11.0 Å². The zero-order valence-corrected chi connectivity index (χ0v) is 18.8. The Morgan fingerprint density at radius 1 is 1.00 bits per heavy atom. The summed E-state index contributed by atoms with van der Waals surface area (Å²) >= 11 is 5.96. The molecule has 35 heavy (non-hydrogen) atoms. The second-order valence-electron chi connectivity index (χ2n) is 8.48. The molecular weight excluding hydrogens is 491 g/mol. The predicted molar refractivity (Wildman–Crippen MR) is 117 cm³/mol. The van der Waals surface area contributed by atoms with E-state index in [1.54, 1.807) is 28.0 Å². The maximum atomic E-state index is 12.9. The van der Waals surface area contributed by atoms with Crippen molar-refractivity contribution in [3.8, 4) is 11.5 Å². The number of carbonyl (C=O) groups excluding carboxylic acids is 2. The number of benzene rings is 2. The number of aromatic amines is 1. The summed E-state index contributed by atoms with van der Waals surface area (Å²) in [5.74, 6) is -0.441. The van der Waals surface area contributed by atoms with Gasteiger partial charge in [-0.05, 0) is 30.3 Å². The number of fused-ring (bicyclic) bond motifs is 2. The average molecular weight is 510 g/mol. The highest BCUT2D eigenvalue weighted by atomic mass is 35.5. The number of carbonyl (C=O) groups is 2. The minimum Gasteiger partial charge on any atom is -0.482 e. The summed E-state index contributed by atoms with van der Waals surface area (Å²) in [5, 5.41) is 10.4. The molecule has 2 atom stereocenters. The van der Waals surface area contributed by atoms with Crippen LogP contribution in [0.5, 0.6) is 11.5 Å². The van der Waals surface area contributed by atoms with E-state index in [-0.39, 0.29) is 41.0 Å². The number of halogens is 4. The van der Waals surface area contributed by atoms with Crippen LogP contribution in [0, 0.1) is 11.8 Å². The molecule has 2 aromatic carbocycles. The smallest absolute Gasteiger partial charge is 0.482 e. The van der Waals surface area contributed by atoms with Crippen molar-refractivity contribution in [2.75, 3.05) is 32.8 Å². The van der Waals surface area contributed by atoms with Gasteiger partial charge in [-0.15, -0.1) is 13.2 Å². The number of aromatic nitrogens is 3. The lowest BCUT2D eigenvalue weighted by molar-refractivity contribution is -0.274. The molecule has 3 heterocycles. The largest absolute Gasteiger partial charge is 0.573 e. The Kier molecular flexibility index (Phi) is 5.91. The first-order chi connectivity index (χ1) is 16.7. The standard InChI is InChI=1S/C22H19ClF3N5O4/c23-16-6-15(35-22(24,25)26)2-4-19(16)34-11-20(32)30-7-13-9-31(10-14(13)8-30)21(33)12-1-3-17-18(5-12)28-29-27-17/h1-6,13-14H,7-11H2,(H,27,28,29)/t13-,14?/m1/s1. The van der Waals surface area contributed by atoms with E-state index in [1.165, 1.54) is 6.07 Å². The highest BCUT2D eigenvalue weighted by molar-refractivity contribution is 6.32. The molecule has 3 aromatic rings. The third-order valence-electron chi connectivity index (χ3n) is 6.18. The fraction of sp³-hybridized carbons (Fsp3) is 0.364. The van der Waals surface area contributed by atoms with Crippen molar-refractivity contribution < 1.29 is 32.2 Å². The second kappa shape index (κ2) is 8.91. The molecule has 1 unspecified atom stereocenters. The van der Waals surface area contributed by atoms with Crippen LogP contribution in [0.3, 0.4) is 0 Å². The topological polar surface area (TPSA) is 101 Å². The quantitative estimate of drug-likeness (QED) is 0.567. The van der Waals surface area contributed by atoms with Gasteiger partial charge < -0.3 is 19.3 Å². The molecule has 0 saturated carbocycles. The van der Waals surface area contributed by atoms with Crippen LogP contribution in [0.2, 0.25) is 5.02 Å². The van der Waals surface area contributed by atoms with Crippen molar-refractivity contribution in [3.05, 3.63) is 47.0 Å². The van der Waals surface area contributed by atoms with E-state index in [0.29, 0.717) is 42.8 Å². The van der Waals surface area contributed by atoms with Crippen LogP contribution in [-0.2, 0) is 4.79 Å². The third kappa shape index (κ3) is 4.97. The minimum atomic E-state index is -4.83. The molecule has 5 rings (SSSR count). The van der Waals surface area contributed by atoms with Gasteiger partial charge in [0.15, 0.2) is 6.61 Å². The third-order valence-corrected chi connectivity index (χ3v) is 6.47. The fourth-order valence-corrected chi connectivity index (χ4v) is 4.77. The van der Waals surface area contributed by atoms with Gasteiger partial charge >= 0.3 is 6.36 Å². The first-order valence-corrected chi connectivity index (χ1v) is 11.1. The number of hydrogen-bond donors (Lipinski definition) is 1. The van der Waals surface area contributed by atoms with Gasteiger partial charge in [0, 0.05) is 49.6 Å². The molecule has 0 aliphatic carbocycles. The first kappa shape index (κ1) is 23.2. The fourth-order valence-electron chi connectivity index (χ4n) is 4.54. The molecule has 1 N–H and O–H groups in total. The van der Waals surface area contributed by atoms with Crippen LogP contribution in [-0.4, -0.2) is 76.2 Å². The zero-order valence-electron chi connectivity index (χ0n) is 18.1. The SMILES string of the molecule is O=C(COc1ccc(OC(F)(F)F)cc1Cl)N1CC2CN(C(=O)c3ccc4n[nH]nc4c3)C[C@H]2C1. The molecule has 0 bridgehead atoms. The van der Waals surface area contributed by atoms with Gasteiger partial charge in [0.1, 0.15) is 22.5 Å². The van der Waals surface area contributed by atoms with Gasteiger partial charge in [0.05, 0.1) is 5.02 Å². The van der Waals surface area contributed by atoms with Gasteiger partial charge in [-0.2, -0.15) is 15.4 Å². The molecule has 184 valence electrons. The monoisotopic (exact) mass is 509 g/mol. The van der Waals surface area contributed by atoms with Crippen molar-refractivity contribution in [2.24, 2.45) is 11.8 Å². The Balaban J connectivity index is 1.13. The van der Waals surface area contributed by atoms with Crippen LogP contribution in [0.15, 0.2) is 36.4 Å². The summed E-state index contributed by atoms with van der Waals surface area (Å²) in [5.41, 5.74) is 1.84. The van der Waals surface area contributed by atoms with Crippen LogP contribution < -0.4 is 9.47 Å². The molecule has 9 nitrogen and oxygen atoms in total. The van der Waals surface area contributed by atoms with Crippen molar-refractivity contribution >= 4 is 34.4 Å². The number of amides is 2. The Morgan fingerprint density at radius 2 is 1.69 bits per heavy atom. The maximum Gasteiger partial charge on any atom is 0.573 e. The summed E-state index contributed by atoms with van der Waals surface area (Å²) in [7, 11) is 0. The number of nitrogens with one attached hydrogen (secondary N) is 1. The minimum absolute atomic E-state index is 0.0785. The van der Waals surface area contributed by atoms with E-state index in [1.807, 2.05) is 0 Å². The Labute approximate surface area is 201 Å². The summed E-state index contributed by atoms with van der Waals surface area (Å²) in [6.07, 6.45) is -4.83. The molecule has 2 amide bonds. The van der Waals surface area contributed by atoms with E-state index in [0.717, 1.165) is 12.1 Å². The normalized spacial score (nSPS) is 19.8. The number of ether oxygens (including phenoxy) is 2. The number of nitrogens with zero attached hydrogens (tertiary/aromatic N) is 4. The van der Waals surface area contributed by atoms with Crippen LogP contribution in [0.4, 0.5) is 13.2 Å². The van der Waals surface area contributed by atoms with Gasteiger partial charge in [-0.3, -0.25) is 9.59 Å².